The molecule has 0 spiro atoms. The van der Waals surface area contributed by atoms with Crippen molar-refractivity contribution in [3.63, 3.8) is 0 Å². The molecule has 8 amide bonds. The van der Waals surface area contributed by atoms with Crippen LogP contribution in [0.3, 0.4) is 0 Å². The Balaban J connectivity index is 0.753. The molecule has 0 aliphatic carbocycles. The molecule has 5 aliphatic heterocycles. The molecule has 4 aromatic rings. The molecule has 1 unspecified atom stereocenters. The first-order valence-corrected chi connectivity index (χ1v) is 32.4. The van der Waals surface area contributed by atoms with Gasteiger partial charge in [0, 0.05) is 87.1 Å². The van der Waals surface area contributed by atoms with Gasteiger partial charge in [-0.3, -0.25) is 53.3 Å². The minimum Gasteiger partial charge on any atom is -0.493 e. The number of methoxy groups -OCH3 is 2. The van der Waals surface area contributed by atoms with E-state index in [1.54, 1.807) is 80.3 Å². The first-order chi connectivity index (χ1) is 45.3. The van der Waals surface area contributed by atoms with Crippen molar-refractivity contribution in [2.45, 2.75) is 163 Å². The van der Waals surface area contributed by atoms with Crippen molar-refractivity contribution in [2.24, 2.45) is 10.9 Å². The Kier molecular flexibility index (Phi) is 22.4. The lowest BCUT2D eigenvalue weighted by molar-refractivity contribution is -0.137. The predicted octanol–water partition coefficient (Wildman–Crippen LogP) is 9.48. The third kappa shape index (κ3) is 17.0. The van der Waals surface area contributed by atoms with Crippen molar-refractivity contribution in [3.05, 3.63) is 130 Å². The summed E-state index contributed by atoms with van der Waals surface area (Å²) in [7, 11) is 3.12. The minimum absolute atomic E-state index is 0.000522. The molecule has 5 aliphatic rings. The van der Waals surface area contributed by atoms with Crippen LogP contribution in [0.1, 0.15) is 140 Å². The molecular weight excluding hydrogens is 1210 g/mol. The van der Waals surface area contributed by atoms with E-state index in [-0.39, 0.29) is 81.5 Å². The lowest BCUT2D eigenvalue weighted by Crippen LogP contribution is -2.53. The quantitative estimate of drug-likeness (QED) is 0.0246. The molecule has 0 radical (unpaired) electrons. The van der Waals surface area contributed by atoms with Crippen LogP contribution in [0, 0.1) is 5.92 Å². The Morgan fingerprint density at radius 2 is 1.43 bits per heavy atom. The van der Waals surface area contributed by atoms with Crippen LogP contribution in [0.5, 0.6) is 23.0 Å². The van der Waals surface area contributed by atoms with Crippen molar-refractivity contribution in [1.82, 2.24) is 30.7 Å². The molecule has 9 rings (SSSR count). The zero-order valence-electron chi connectivity index (χ0n) is 56.5. The average Bonchev–Trinajstić information content (AvgIpc) is 1.70. The van der Waals surface area contributed by atoms with E-state index in [0.717, 1.165) is 45.8 Å². The minimum atomic E-state index is -0.978. The van der Waals surface area contributed by atoms with Crippen LogP contribution in [0.25, 0.3) is 5.57 Å². The van der Waals surface area contributed by atoms with Crippen LogP contribution in [0.4, 0.5) is 21.9 Å². The number of anilines is 2. The lowest BCUT2D eigenvalue weighted by Gasteiger charge is -2.33. The number of rotatable bonds is 27. The van der Waals surface area contributed by atoms with E-state index in [1.807, 2.05) is 78.8 Å². The van der Waals surface area contributed by atoms with E-state index in [0.29, 0.717) is 83.5 Å². The first-order valence-electron chi connectivity index (χ1n) is 32.4. The topological polar surface area (TPSA) is 265 Å². The number of hydrogen-bond donors (Lipinski definition) is 4. The van der Waals surface area contributed by atoms with Gasteiger partial charge in [0.25, 0.3) is 17.7 Å². The van der Waals surface area contributed by atoms with E-state index in [2.05, 4.69) is 38.3 Å². The second-order valence-electron chi connectivity index (χ2n) is 26.2. The van der Waals surface area contributed by atoms with Gasteiger partial charge in [-0.05, 0) is 133 Å². The zero-order chi connectivity index (χ0) is 68.5. The molecule has 5 heterocycles. The molecule has 506 valence electrons. The van der Waals surface area contributed by atoms with E-state index in [9.17, 15) is 38.4 Å². The number of allylic oxidation sites excluding steroid dienone is 3. The highest BCUT2D eigenvalue weighted by Crippen LogP contribution is 2.44. The molecule has 95 heavy (non-hydrogen) atoms. The Morgan fingerprint density at radius 3 is 2.12 bits per heavy atom. The number of ether oxygens (including phenoxy) is 6. The number of amides is 8. The van der Waals surface area contributed by atoms with E-state index in [1.165, 1.54) is 24.8 Å². The molecule has 4 N–H and O–H groups in total. The highest BCUT2D eigenvalue weighted by molar-refractivity contribution is 6.13. The summed E-state index contributed by atoms with van der Waals surface area (Å²) in [5.74, 6) is -1.28. The number of aliphatic imine (C=N–C) groups is 1. The van der Waals surface area contributed by atoms with Crippen molar-refractivity contribution in [1.29, 1.82) is 0 Å². The van der Waals surface area contributed by atoms with Gasteiger partial charge >= 0.3 is 6.09 Å². The van der Waals surface area contributed by atoms with Gasteiger partial charge in [-0.25, -0.2) is 4.79 Å². The van der Waals surface area contributed by atoms with E-state index in [4.69, 9.17) is 33.4 Å². The summed E-state index contributed by atoms with van der Waals surface area (Å²) in [5, 5.41) is 11.3. The van der Waals surface area contributed by atoms with Gasteiger partial charge in [0.05, 0.1) is 74.5 Å². The molecule has 0 aromatic heterocycles. The van der Waals surface area contributed by atoms with Gasteiger partial charge in [-0.1, -0.05) is 61.9 Å². The Morgan fingerprint density at radius 1 is 0.747 bits per heavy atom. The second kappa shape index (κ2) is 30.4. The normalized spacial score (nSPS) is 17.8. The first kappa shape index (κ1) is 70.0. The third-order valence-electron chi connectivity index (χ3n) is 17.9. The van der Waals surface area contributed by atoms with Crippen LogP contribution in [0.15, 0.2) is 107 Å². The maximum absolute atomic E-state index is 14.6. The maximum atomic E-state index is 14.6. The fourth-order valence-corrected chi connectivity index (χ4v) is 12.3. The number of hydrogen-bond acceptors (Lipinski definition) is 16. The molecule has 23 heteroatoms. The number of imide groups is 1. The predicted molar refractivity (Wildman–Crippen MR) is 359 cm³/mol. The monoisotopic (exact) mass is 1300 g/mol. The van der Waals surface area contributed by atoms with Gasteiger partial charge in [0.15, 0.2) is 23.0 Å². The van der Waals surface area contributed by atoms with Crippen molar-refractivity contribution in [2.75, 3.05) is 57.3 Å². The van der Waals surface area contributed by atoms with Crippen LogP contribution in [0.2, 0.25) is 0 Å². The number of benzene rings is 4. The smallest absolute Gasteiger partial charge is 0.414 e. The molecule has 0 bridgehead atoms. The van der Waals surface area contributed by atoms with Crippen molar-refractivity contribution >= 4 is 76.3 Å². The standard InChI is InChI=1S/C72H89N9O14/c1-13-47-33-55-46(6)81(56-37-61(58(90-11)34-50(56)40-78(55)39-47)93-31-16-30-92-60-36-54-53(35-59(60)91-12)69(88)80-41-49-17-14-15-18-52(49)44(4)57(80)38-73-54)70(89)94-42-48-19-21-51(22-20-48)75-67(86)45(5)74-68(87)66(43(2)3)76-62(82)25-27-72(9,10)95-32-28-71(7,8)77-63(83)26-29-79-64(84)23-24-65(79)85/h13-15,17-24,34-38,43,45-46,55,66H,16,25-33,39-42H2,1-12H3,(H,74,87)(H,75,86)(H,76,82)(H,77,83)/b47-13-/t45-,46?,55-,66-/m0/s1. The largest absolute Gasteiger partial charge is 0.493 e. The lowest BCUT2D eigenvalue weighted by atomic mass is 9.94. The maximum Gasteiger partial charge on any atom is 0.414 e. The summed E-state index contributed by atoms with van der Waals surface area (Å²) in [4.78, 5) is 117. The number of carbonyl (C=O) groups is 8. The molecule has 23 nitrogen and oxygen atoms in total. The van der Waals surface area contributed by atoms with Gasteiger partial charge in [0.2, 0.25) is 23.6 Å². The number of nitrogens with zero attached hydrogens (tertiary/aromatic N) is 5. The highest BCUT2D eigenvalue weighted by atomic mass is 16.6. The fourth-order valence-electron chi connectivity index (χ4n) is 12.3. The van der Waals surface area contributed by atoms with Crippen LogP contribution >= 0.6 is 0 Å². The molecular formula is C72H89N9O14. The second-order valence-corrected chi connectivity index (χ2v) is 26.2. The number of nitrogens with one attached hydrogen (secondary N) is 4. The van der Waals surface area contributed by atoms with Gasteiger partial charge < -0.3 is 54.6 Å². The van der Waals surface area contributed by atoms with Crippen molar-refractivity contribution in [3.8, 4) is 23.0 Å². The number of carbonyl (C=O) groups excluding carboxylic acids is 8. The Bertz CT molecular complexity index is 3700. The molecule has 4 atom stereocenters. The van der Waals surface area contributed by atoms with E-state index >= 15 is 0 Å². The van der Waals surface area contributed by atoms with Crippen molar-refractivity contribution < 1.29 is 66.8 Å². The fraction of sp³-hybridized carbons (Fsp3) is 0.458. The summed E-state index contributed by atoms with van der Waals surface area (Å²) >= 11 is 0. The zero-order valence-corrected chi connectivity index (χ0v) is 56.5. The summed E-state index contributed by atoms with van der Waals surface area (Å²) in [6.07, 6.45) is 7.71. The summed E-state index contributed by atoms with van der Waals surface area (Å²) in [6.45, 7) is 21.0. The van der Waals surface area contributed by atoms with Crippen LogP contribution < -0.4 is 45.1 Å². The van der Waals surface area contributed by atoms with Gasteiger partial charge in [-0.15, -0.1) is 0 Å². The SMILES string of the molecule is C/C=C1/C[C@H]2C(C)N(C(=O)OCc3ccc(NC(=O)[C@H](C)NC(=O)[C@@H](NC(=O)CCC(C)(C)OCCC(C)(C)NC(=O)CCN4C(=O)C=CC4=O)C(C)C)cc3)c3cc(OCCCOc4cc5c(cc4OC)C(=O)N4Cc6ccccc6C(C)=C4C=N5)c(OC)cc3CN2C1. The van der Waals surface area contributed by atoms with Gasteiger partial charge in [-0.2, -0.15) is 0 Å². The van der Waals surface area contributed by atoms with Crippen LogP contribution in [-0.2, 0) is 57.9 Å². The van der Waals surface area contributed by atoms with E-state index < -0.39 is 52.9 Å². The molecule has 1 saturated heterocycles. The molecule has 0 saturated carbocycles. The average molecular weight is 1300 g/mol. The summed E-state index contributed by atoms with van der Waals surface area (Å²) in [6, 6.07) is 19.9. The number of fused-ring (bicyclic) bond motifs is 5. The molecule has 4 aromatic carbocycles. The Labute approximate surface area is 555 Å². The highest BCUT2D eigenvalue weighted by Gasteiger charge is 2.42. The third-order valence-corrected chi connectivity index (χ3v) is 17.9. The van der Waals surface area contributed by atoms with Gasteiger partial charge in [0.1, 0.15) is 18.7 Å². The molecule has 1 fully saturated rings. The summed E-state index contributed by atoms with van der Waals surface area (Å²) < 4.78 is 36.6. The Hall–Kier alpha value is -9.35. The van der Waals surface area contributed by atoms with Crippen LogP contribution in [-0.4, -0.2) is 151 Å². The summed E-state index contributed by atoms with van der Waals surface area (Å²) in [5.41, 5.74) is 7.28.